The second-order valence-electron chi connectivity index (χ2n) is 4.04. The maximum atomic E-state index is 3.51. The van der Waals surface area contributed by atoms with Gasteiger partial charge in [-0.3, -0.25) is 4.90 Å². The fourth-order valence-electron chi connectivity index (χ4n) is 1.85. The Bertz CT molecular complexity index is 109. The first kappa shape index (κ1) is 11.0. The van der Waals surface area contributed by atoms with Gasteiger partial charge < -0.3 is 5.32 Å². The average molecular weight is 184 g/mol. The number of hydrogen-bond acceptors (Lipinski definition) is 2. The molecule has 1 aliphatic rings. The number of likely N-dealkylation sites (tertiary alicyclic amines) is 1. The molecule has 1 N–H and O–H groups in total. The average Bonchev–Trinajstić information content (AvgIpc) is 2.63. The van der Waals surface area contributed by atoms with Gasteiger partial charge in [-0.1, -0.05) is 26.2 Å². The highest BCUT2D eigenvalue weighted by atomic mass is 15.2. The summed E-state index contributed by atoms with van der Waals surface area (Å²) in [6.45, 7) is 7.20. The molecule has 0 aromatic heterocycles. The van der Waals surface area contributed by atoms with E-state index in [2.05, 4.69) is 17.1 Å². The van der Waals surface area contributed by atoms with Crippen LogP contribution in [-0.4, -0.2) is 31.2 Å². The molecule has 0 aromatic carbocycles. The van der Waals surface area contributed by atoms with E-state index in [1.807, 2.05) is 0 Å². The standard InChI is InChI=1S/C11H24N2/c1-2-3-4-5-8-12-11-13-9-6-7-10-13/h12H,2-11H2,1H3. The minimum atomic E-state index is 1.12. The maximum Gasteiger partial charge on any atom is 0.0480 e. The van der Waals surface area contributed by atoms with Crippen LogP contribution in [0.25, 0.3) is 0 Å². The topological polar surface area (TPSA) is 15.3 Å². The predicted molar refractivity (Wildman–Crippen MR) is 57.8 cm³/mol. The lowest BCUT2D eigenvalue weighted by Gasteiger charge is -2.15. The van der Waals surface area contributed by atoms with Crippen molar-refractivity contribution in [3.63, 3.8) is 0 Å². The van der Waals surface area contributed by atoms with Crippen LogP contribution in [0.4, 0.5) is 0 Å². The minimum Gasteiger partial charge on any atom is -0.304 e. The third-order valence-corrected chi connectivity index (χ3v) is 2.74. The molecule has 2 heteroatoms. The zero-order valence-corrected chi connectivity index (χ0v) is 9.02. The van der Waals surface area contributed by atoms with E-state index in [4.69, 9.17) is 0 Å². The highest BCUT2D eigenvalue weighted by Gasteiger charge is 2.09. The van der Waals surface area contributed by atoms with Crippen LogP contribution < -0.4 is 5.32 Å². The Morgan fingerprint density at radius 2 is 1.85 bits per heavy atom. The lowest BCUT2D eigenvalue weighted by molar-refractivity contribution is 0.308. The van der Waals surface area contributed by atoms with E-state index in [0.717, 1.165) is 6.67 Å². The second kappa shape index (κ2) is 7.34. The van der Waals surface area contributed by atoms with Crippen molar-refractivity contribution in [2.24, 2.45) is 0 Å². The Balaban J connectivity index is 1.78. The van der Waals surface area contributed by atoms with Gasteiger partial charge in [-0.15, -0.1) is 0 Å². The number of rotatable bonds is 7. The summed E-state index contributed by atoms with van der Waals surface area (Å²) in [4.78, 5) is 2.51. The van der Waals surface area contributed by atoms with Crippen LogP contribution in [0.1, 0.15) is 45.4 Å². The van der Waals surface area contributed by atoms with Crippen LogP contribution in [-0.2, 0) is 0 Å². The maximum absolute atomic E-state index is 3.51. The molecule has 1 heterocycles. The Morgan fingerprint density at radius 3 is 2.54 bits per heavy atom. The van der Waals surface area contributed by atoms with Crippen molar-refractivity contribution in [3.05, 3.63) is 0 Å². The smallest absolute Gasteiger partial charge is 0.0480 e. The highest BCUT2D eigenvalue weighted by Crippen LogP contribution is 2.05. The Morgan fingerprint density at radius 1 is 1.08 bits per heavy atom. The molecule has 0 aromatic rings. The van der Waals surface area contributed by atoms with Crippen molar-refractivity contribution in [1.82, 2.24) is 10.2 Å². The van der Waals surface area contributed by atoms with E-state index in [0.29, 0.717) is 0 Å². The van der Waals surface area contributed by atoms with Crippen LogP contribution in [0.15, 0.2) is 0 Å². The minimum absolute atomic E-state index is 1.12. The highest BCUT2D eigenvalue weighted by molar-refractivity contribution is 4.64. The molecular weight excluding hydrogens is 160 g/mol. The molecule has 0 aliphatic carbocycles. The van der Waals surface area contributed by atoms with Crippen LogP contribution in [0, 0.1) is 0 Å². The Labute approximate surface area is 82.7 Å². The third-order valence-electron chi connectivity index (χ3n) is 2.74. The van der Waals surface area contributed by atoms with Gasteiger partial charge in [-0.05, 0) is 38.9 Å². The SMILES string of the molecule is CCCCCCNCN1CCCC1. The Hall–Kier alpha value is -0.0800. The van der Waals surface area contributed by atoms with Gasteiger partial charge in [0, 0.05) is 6.67 Å². The van der Waals surface area contributed by atoms with Gasteiger partial charge in [0.2, 0.25) is 0 Å². The van der Waals surface area contributed by atoms with Crippen LogP contribution in [0.2, 0.25) is 0 Å². The monoisotopic (exact) mass is 184 g/mol. The van der Waals surface area contributed by atoms with Crippen molar-refractivity contribution >= 4 is 0 Å². The summed E-state index contributed by atoms with van der Waals surface area (Å²) in [5.41, 5.74) is 0. The zero-order chi connectivity index (χ0) is 9.36. The van der Waals surface area contributed by atoms with Gasteiger partial charge in [-0.2, -0.15) is 0 Å². The van der Waals surface area contributed by atoms with Crippen molar-refractivity contribution in [1.29, 1.82) is 0 Å². The van der Waals surface area contributed by atoms with E-state index in [1.165, 1.54) is 58.2 Å². The first-order chi connectivity index (χ1) is 6.43. The summed E-state index contributed by atoms with van der Waals surface area (Å²) >= 11 is 0. The van der Waals surface area contributed by atoms with Crippen molar-refractivity contribution in [3.8, 4) is 0 Å². The molecule has 0 radical (unpaired) electrons. The van der Waals surface area contributed by atoms with E-state index in [1.54, 1.807) is 0 Å². The van der Waals surface area contributed by atoms with Gasteiger partial charge >= 0.3 is 0 Å². The predicted octanol–water partition coefficient (Wildman–Crippen LogP) is 2.21. The Kier molecular flexibility index (Phi) is 6.21. The molecule has 0 spiro atoms. The summed E-state index contributed by atoms with van der Waals surface area (Å²) in [7, 11) is 0. The van der Waals surface area contributed by atoms with Crippen molar-refractivity contribution in [2.75, 3.05) is 26.3 Å². The lowest BCUT2D eigenvalue weighted by atomic mass is 10.2. The molecule has 13 heavy (non-hydrogen) atoms. The summed E-state index contributed by atoms with van der Waals surface area (Å²) in [6.07, 6.45) is 8.28. The molecule has 1 saturated heterocycles. The summed E-state index contributed by atoms with van der Waals surface area (Å²) in [5, 5.41) is 3.51. The molecule has 0 unspecified atom stereocenters. The molecule has 1 fully saturated rings. The lowest BCUT2D eigenvalue weighted by Crippen LogP contribution is -2.32. The molecule has 0 bridgehead atoms. The fraction of sp³-hybridized carbons (Fsp3) is 1.00. The number of nitrogens with zero attached hydrogens (tertiary/aromatic N) is 1. The molecule has 0 amide bonds. The first-order valence-corrected chi connectivity index (χ1v) is 5.86. The van der Waals surface area contributed by atoms with E-state index in [-0.39, 0.29) is 0 Å². The fourth-order valence-corrected chi connectivity index (χ4v) is 1.85. The molecule has 0 saturated carbocycles. The zero-order valence-electron chi connectivity index (χ0n) is 9.02. The van der Waals surface area contributed by atoms with Gasteiger partial charge in [0.25, 0.3) is 0 Å². The summed E-state index contributed by atoms with van der Waals surface area (Å²) in [5.74, 6) is 0. The van der Waals surface area contributed by atoms with Crippen LogP contribution in [0.5, 0.6) is 0 Å². The molecular formula is C11H24N2. The quantitative estimate of drug-likeness (QED) is 0.610. The number of hydrogen-bond donors (Lipinski definition) is 1. The van der Waals surface area contributed by atoms with Crippen molar-refractivity contribution < 1.29 is 0 Å². The largest absolute Gasteiger partial charge is 0.304 e. The number of nitrogens with one attached hydrogen (secondary N) is 1. The van der Waals surface area contributed by atoms with Gasteiger partial charge in [0.1, 0.15) is 0 Å². The van der Waals surface area contributed by atoms with Crippen LogP contribution in [0.3, 0.4) is 0 Å². The molecule has 1 aliphatic heterocycles. The van der Waals surface area contributed by atoms with Gasteiger partial charge in [0.15, 0.2) is 0 Å². The molecule has 78 valence electrons. The molecule has 1 rings (SSSR count). The first-order valence-electron chi connectivity index (χ1n) is 5.86. The molecule has 0 atom stereocenters. The summed E-state index contributed by atoms with van der Waals surface area (Å²) in [6, 6.07) is 0. The third kappa shape index (κ3) is 5.27. The normalized spacial score (nSPS) is 18.2. The molecule has 2 nitrogen and oxygen atoms in total. The van der Waals surface area contributed by atoms with Gasteiger partial charge in [0.05, 0.1) is 0 Å². The van der Waals surface area contributed by atoms with E-state index in [9.17, 15) is 0 Å². The van der Waals surface area contributed by atoms with E-state index >= 15 is 0 Å². The van der Waals surface area contributed by atoms with E-state index < -0.39 is 0 Å². The summed E-state index contributed by atoms with van der Waals surface area (Å²) < 4.78 is 0. The second-order valence-corrected chi connectivity index (χ2v) is 4.04. The van der Waals surface area contributed by atoms with Gasteiger partial charge in [-0.25, -0.2) is 0 Å². The van der Waals surface area contributed by atoms with Crippen LogP contribution >= 0.6 is 0 Å². The number of unbranched alkanes of at least 4 members (excludes halogenated alkanes) is 3. The van der Waals surface area contributed by atoms with Crippen molar-refractivity contribution in [2.45, 2.75) is 45.4 Å².